The van der Waals surface area contributed by atoms with E-state index in [1.807, 2.05) is 6.07 Å². The highest BCUT2D eigenvalue weighted by atomic mass is 79.9. The first kappa shape index (κ1) is 15.6. The highest BCUT2D eigenvalue weighted by molar-refractivity contribution is 9.10. The molecule has 1 aromatic rings. The van der Waals surface area contributed by atoms with E-state index in [0.29, 0.717) is 0 Å². The second-order valence-electron chi connectivity index (χ2n) is 3.09. The minimum atomic E-state index is -0.749. The largest absolute Gasteiger partial charge is 0.506 e. The lowest BCUT2D eigenvalue weighted by Gasteiger charge is -2.11. The van der Waals surface area contributed by atoms with E-state index in [1.54, 1.807) is 0 Å². The molecule has 0 spiro atoms. The fraction of sp³-hybridized carbons (Fsp3) is 0.222. The molecular formula is C9H9BrClN3O3. The van der Waals surface area contributed by atoms with Gasteiger partial charge in [-0.05, 0) is 15.9 Å². The first-order valence-corrected chi connectivity index (χ1v) is 5.06. The predicted octanol–water partition coefficient (Wildman–Crippen LogP) is 2.40. The second-order valence-corrected chi connectivity index (χ2v) is 3.95. The SMILES string of the molecule is Cl.N#CC[C@H](N)c1cc([N+](=O)[O-])cc(Br)c1O. The molecule has 0 saturated heterocycles. The van der Waals surface area contributed by atoms with Gasteiger partial charge in [-0.2, -0.15) is 5.26 Å². The van der Waals surface area contributed by atoms with E-state index in [0.717, 1.165) is 0 Å². The summed E-state index contributed by atoms with van der Waals surface area (Å²) >= 11 is 2.99. The van der Waals surface area contributed by atoms with E-state index in [4.69, 9.17) is 11.0 Å². The molecule has 8 heteroatoms. The van der Waals surface area contributed by atoms with Gasteiger partial charge < -0.3 is 10.8 Å². The number of rotatable bonds is 3. The zero-order valence-electron chi connectivity index (χ0n) is 8.46. The normalized spacial score (nSPS) is 11.1. The number of nitrogens with two attached hydrogens (primary N) is 1. The summed E-state index contributed by atoms with van der Waals surface area (Å²) in [5.41, 5.74) is 5.61. The van der Waals surface area contributed by atoms with Crippen LogP contribution in [0.5, 0.6) is 5.75 Å². The number of halogens is 2. The van der Waals surface area contributed by atoms with Crippen LogP contribution in [-0.2, 0) is 0 Å². The van der Waals surface area contributed by atoms with Crippen molar-refractivity contribution >= 4 is 34.0 Å². The minimum Gasteiger partial charge on any atom is -0.506 e. The Morgan fingerprint density at radius 2 is 2.24 bits per heavy atom. The fourth-order valence-corrected chi connectivity index (χ4v) is 1.67. The number of nitro groups is 1. The first-order chi connectivity index (χ1) is 7.47. The van der Waals surface area contributed by atoms with Crippen molar-refractivity contribution in [2.24, 2.45) is 5.73 Å². The summed E-state index contributed by atoms with van der Waals surface area (Å²) < 4.78 is 0.185. The van der Waals surface area contributed by atoms with Crippen LogP contribution in [0.1, 0.15) is 18.0 Å². The molecule has 17 heavy (non-hydrogen) atoms. The Kier molecular flexibility index (Phi) is 5.88. The lowest BCUT2D eigenvalue weighted by molar-refractivity contribution is -0.385. The number of nitrogens with zero attached hydrogens (tertiary/aromatic N) is 2. The van der Waals surface area contributed by atoms with E-state index in [9.17, 15) is 15.2 Å². The summed E-state index contributed by atoms with van der Waals surface area (Å²) in [6.45, 7) is 0. The van der Waals surface area contributed by atoms with E-state index in [1.165, 1.54) is 12.1 Å². The number of nitro benzene ring substituents is 1. The number of nitriles is 1. The quantitative estimate of drug-likeness (QED) is 0.655. The number of hydrogen-bond acceptors (Lipinski definition) is 5. The predicted molar refractivity (Wildman–Crippen MR) is 66.9 cm³/mol. The van der Waals surface area contributed by atoms with Crippen LogP contribution in [0.3, 0.4) is 0 Å². The molecule has 0 aromatic heterocycles. The number of benzene rings is 1. The van der Waals surface area contributed by atoms with Crippen molar-refractivity contribution in [2.75, 3.05) is 0 Å². The van der Waals surface area contributed by atoms with Crippen molar-refractivity contribution in [3.05, 3.63) is 32.3 Å². The molecule has 6 nitrogen and oxygen atoms in total. The van der Waals surface area contributed by atoms with Crippen molar-refractivity contribution in [2.45, 2.75) is 12.5 Å². The smallest absolute Gasteiger partial charge is 0.271 e. The molecule has 0 unspecified atom stereocenters. The minimum absolute atomic E-state index is 0. The molecule has 1 aromatic carbocycles. The summed E-state index contributed by atoms with van der Waals surface area (Å²) in [6.07, 6.45) is -0.0266. The van der Waals surface area contributed by atoms with Gasteiger partial charge in [0.2, 0.25) is 0 Å². The van der Waals surface area contributed by atoms with Crippen LogP contribution in [0.15, 0.2) is 16.6 Å². The molecule has 0 aliphatic heterocycles. The Balaban J connectivity index is 0.00000256. The Hall–Kier alpha value is -1.36. The summed E-state index contributed by atoms with van der Waals surface area (Å²) in [7, 11) is 0. The number of hydrogen-bond donors (Lipinski definition) is 2. The van der Waals surface area contributed by atoms with Gasteiger partial charge >= 0.3 is 0 Å². The van der Waals surface area contributed by atoms with E-state index >= 15 is 0 Å². The van der Waals surface area contributed by atoms with Gasteiger partial charge in [0, 0.05) is 23.7 Å². The monoisotopic (exact) mass is 321 g/mol. The van der Waals surface area contributed by atoms with Gasteiger partial charge in [-0.3, -0.25) is 10.1 Å². The average Bonchev–Trinajstić information content (AvgIpc) is 2.21. The molecule has 3 N–H and O–H groups in total. The zero-order valence-corrected chi connectivity index (χ0v) is 10.9. The Bertz CT molecular complexity index is 475. The number of phenolic OH excluding ortho intramolecular Hbond substituents is 1. The van der Waals surface area contributed by atoms with Gasteiger partial charge in [0.1, 0.15) is 5.75 Å². The van der Waals surface area contributed by atoms with Crippen molar-refractivity contribution in [1.82, 2.24) is 0 Å². The van der Waals surface area contributed by atoms with Gasteiger partial charge in [0.05, 0.1) is 21.9 Å². The van der Waals surface area contributed by atoms with Gasteiger partial charge in [0.15, 0.2) is 0 Å². The Morgan fingerprint density at radius 1 is 1.65 bits per heavy atom. The molecule has 0 amide bonds. The molecule has 1 rings (SSSR count). The lowest BCUT2D eigenvalue weighted by atomic mass is 10.0. The van der Waals surface area contributed by atoms with Gasteiger partial charge in [-0.1, -0.05) is 0 Å². The maximum Gasteiger partial charge on any atom is 0.271 e. The van der Waals surface area contributed by atoms with Crippen LogP contribution >= 0.6 is 28.3 Å². The van der Waals surface area contributed by atoms with Crippen LogP contribution in [0.25, 0.3) is 0 Å². The van der Waals surface area contributed by atoms with Crippen molar-refractivity contribution in [1.29, 1.82) is 5.26 Å². The average molecular weight is 323 g/mol. The first-order valence-electron chi connectivity index (χ1n) is 4.26. The third kappa shape index (κ3) is 3.56. The zero-order chi connectivity index (χ0) is 12.3. The molecule has 0 saturated carbocycles. The number of aromatic hydroxyl groups is 1. The molecule has 0 heterocycles. The van der Waals surface area contributed by atoms with Crippen LogP contribution in [-0.4, -0.2) is 10.0 Å². The molecule has 1 atom stereocenters. The highest BCUT2D eigenvalue weighted by Crippen LogP contribution is 2.35. The van der Waals surface area contributed by atoms with Crippen LogP contribution in [0.2, 0.25) is 0 Å². The van der Waals surface area contributed by atoms with Crippen LogP contribution in [0, 0.1) is 21.4 Å². The van der Waals surface area contributed by atoms with Crippen molar-refractivity contribution < 1.29 is 10.0 Å². The van der Waals surface area contributed by atoms with Gasteiger partial charge in [-0.25, -0.2) is 0 Å². The van der Waals surface area contributed by atoms with Gasteiger partial charge in [0.25, 0.3) is 5.69 Å². The third-order valence-corrected chi connectivity index (χ3v) is 2.60. The molecule has 92 valence electrons. The van der Waals surface area contributed by atoms with Gasteiger partial charge in [-0.15, -0.1) is 12.4 Å². The topological polar surface area (TPSA) is 113 Å². The molecule has 0 radical (unpaired) electrons. The Morgan fingerprint density at radius 3 is 2.71 bits per heavy atom. The maximum atomic E-state index is 10.6. The van der Waals surface area contributed by atoms with Crippen LogP contribution < -0.4 is 5.73 Å². The summed E-state index contributed by atoms with van der Waals surface area (Å²) in [6, 6.07) is 3.44. The number of phenols is 1. The van der Waals surface area contributed by atoms with Crippen molar-refractivity contribution in [3.63, 3.8) is 0 Å². The second kappa shape index (κ2) is 6.39. The molecule has 0 aliphatic rings. The standard InChI is InChI=1S/C9H8BrN3O3.ClH/c10-7-4-5(13(15)16)3-6(9(7)14)8(12)1-2-11;/h3-4,8,14H,1,12H2;1H/t8-;/m0./s1. The molecule has 0 bridgehead atoms. The summed E-state index contributed by atoms with van der Waals surface area (Å²) in [4.78, 5) is 10.0. The summed E-state index contributed by atoms with van der Waals surface area (Å²) in [5, 5.41) is 28.7. The van der Waals surface area contributed by atoms with E-state index < -0.39 is 11.0 Å². The van der Waals surface area contributed by atoms with E-state index in [-0.39, 0.29) is 40.3 Å². The molecular weight excluding hydrogens is 313 g/mol. The molecule has 0 aliphatic carbocycles. The third-order valence-electron chi connectivity index (χ3n) is 2.00. The number of non-ortho nitro benzene ring substituents is 1. The summed E-state index contributed by atoms with van der Waals surface area (Å²) in [5.74, 6) is -0.173. The fourth-order valence-electron chi connectivity index (χ4n) is 1.20. The lowest BCUT2D eigenvalue weighted by Crippen LogP contribution is -2.10. The molecule has 0 fully saturated rings. The highest BCUT2D eigenvalue weighted by Gasteiger charge is 2.19. The maximum absolute atomic E-state index is 10.6. The van der Waals surface area contributed by atoms with Crippen LogP contribution in [0.4, 0.5) is 5.69 Å². The van der Waals surface area contributed by atoms with E-state index in [2.05, 4.69) is 15.9 Å². The van der Waals surface area contributed by atoms with Crippen molar-refractivity contribution in [3.8, 4) is 11.8 Å². The Labute approximate surface area is 112 Å².